The predicted molar refractivity (Wildman–Crippen MR) is 134 cm³/mol. The van der Waals surface area contributed by atoms with Crippen molar-refractivity contribution in [3.8, 4) is 0 Å². The maximum atomic E-state index is 13.4. The number of guanidine groups is 1. The van der Waals surface area contributed by atoms with Crippen LogP contribution >= 0.6 is 35.3 Å². The molecule has 3 rings (SSSR count). The maximum Gasteiger partial charge on any atom is 0.191 e. The molecule has 0 bridgehead atoms. The first-order valence-corrected chi connectivity index (χ1v) is 11.5. The van der Waals surface area contributed by atoms with Crippen LogP contribution < -0.4 is 10.6 Å². The van der Waals surface area contributed by atoms with E-state index in [1.54, 1.807) is 17.4 Å². The number of benzene rings is 1. The third kappa shape index (κ3) is 7.94. The predicted octanol–water partition coefficient (Wildman–Crippen LogP) is 4.88. The Morgan fingerprint density at radius 1 is 1.26 bits per heavy atom. The molecule has 0 unspecified atom stereocenters. The first kappa shape index (κ1) is 25.9. The van der Waals surface area contributed by atoms with Crippen molar-refractivity contribution in [2.75, 3.05) is 19.6 Å². The van der Waals surface area contributed by atoms with Crippen LogP contribution in [0.4, 0.5) is 8.78 Å². The fourth-order valence-corrected chi connectivity index (χ4v) is 4.29. The standard InChI is InChI=1S/C22H31F2N5S.HI/c1-4-25-22(26-12-18-14-30-21(27-18)15(2)3)28-17-7-9-29(10-8-17)13-16-5-6-19(23)20(24)11-16;/h5-6,11,14-15,17H,4,7-10,12-13H2,1-3H3,(H2,25,26,28);1H. The number of nitrogens with zero attached hydrogens (tertiary/aromatic N) is 3. The van der Waals surface area contributed by atoms with Crippen LogP contribution in [-0.4, -0.2) is 41.5 Å². The van der Waals surface area contributed by atoms with Crippen molar-refractivity contribution in [1.82, 2.24) is 20.5 Å². The number of likely N-dealkylation sites (tertiary alicyclic amines) is 1. The SMILES string of the molecule is CCNC(=NCc1csc(C(C)C)n1)NC1CCN(Cc2ccc(F)c(F)c2)CC1.I. The molecule has 1 aromatic carbocycles. The second-order valence-electron chi connectivity index (χ2n) is 7.97. The largest absolute Gasteiger partial charge is 0.357 e. The van der Waals surface area contributed by atoms with Crippen LogP contribution in [0.5, 0.6) is 0 Å². The lowest BCUT2D eigenvalue weighted by molar-refractivity contribution is 0.198. The van der Waals surface area contributed by atoms with Crippen LogP contribution in [0, 0.1) is 11.6 Å². The van der Waals surface area contributed by atoms with Gasteiger partial charge in [0.25, 0.3) is 0 Å². The number of thiazole rings is 1. The molecule has 0 saturated carbocycles. The highest BCUT2D eigenvalue weighted by atomic mass is 127. The lowest BCUT2D eigenvalue weighted by atomic mass is 10.0. The van der Waals surface area contributed by atoms with Crippen LogP contribution in [0.2, 0.25) is 0 Å². The van der Waals surface area contributed by atoms with Crippen molar-refractivity contribution in [3.05, 3.63) is 51.5 Å². The molecule has 1 saturated heterocycles. The van der Waals surface area contributed by atoms with Gasteiger partial charge in [0, 0.05) is 43.5 Å². The molecule has 0 amide bonds. The molecule has 2 N–H and O–H groups in total. The van der Waals surface area contributed by atoms with Gasteiger partial charge in [-0.05, 0) is 37.5 Å². The Labute approximate surface area is 204 Å². The van der Waals surface area contributed by atoms with Gasteiger partial charge in [0.2, 0.25) is 0 Å². The van der Waals surface area contributed by atoms with Crippen LogP contribution in [0.1, 0.15) is 55.8 Å². The first-order valence-electron chi connectivity index (χ1n) is 10.6. The molecule has 5 nitrogen and oxygen atoms in total. The minimum atomic E-state index is -0.796. The zero-order valence-electron chi connectivity index (χ0n) is 18.3. The van der Waals surface area contributed by atoms with Crippen LogP contribution in [0.15, 0.2) is 28.6 Å². The topological polar surface area (TPSA) is 52.6 Å². The van der Waals surface area contributed by atoms with E-state index >= 15 is 0 Å². The summed E-state index contributed by atoms with van der Waals surface area (Å²) in [5, 5.41) is 10.1. The highest BCUT2D eigenvalue weighted by Crippen LogP contribution is 2.20. The number of hydrogen-bond donors (Lipinski definition) is 2. The molecule has 2 aromatic rings. The second kappa shape index (κ2) is 12.6. The lowest BCUT2D eigenvalue weighted by Crippen LogP contribution is -2.48. The van der Waals surface area contributed by atoms with E-state index in [1.165, 1.54) is 12.1 Å². The van der Waals surface area contributed by atoms with Crippen molar-refractivity contribution in [2.45, 2.75) is 58.7 Å². The zero-order valence-corrected chi connectivity index (χ0v) is 21.5. The molecule has 0 spiro atoms. The van der Waals surface area contributed by atoms with E-state index < -0.39 is 11.6 Å². The molecule has 0 atom stereocenters. The van der Waals surface area contributed by atoms with Crippen molar-refractivity contribution in [2.24, 2.45) is 4.99 Å². The van der Waals surface area contributed by atoms with Crippen molar-refractivity contribution in [3.63, 3.8) is 0 Å². The van der Waals surface area contributed by atoms with Gasteiger partial charge in [0.05, 0.1) is 17.2 Å². The molecule has 172 valence electrons. The highest BCUT2D eigenvalue weighted by molar-refractivity contribution is 14.0. The summed E-state index contributed by atoms with van der Waals surface area (Å²) in [7, 11) is 0. The van der Waals surface area contributed by atoms with E-state index in [4.69, 9.17) is 4.99 Å². The van der Waals surface area contributed by atoms with Crippen molar-refractivity contribution in [1.29, 1.82) is 0 Å². The Kier molecular flexibility index (Phi) is 10.6. The molecular weight excluding hydrogens is 531 g/mol. The summed E-state index contributed by atoms with van der Waals surface area (Å²) in [6.07, 6.45) is 1.95. The molecule has 1 aliphatic heterocycles. The molecule has 9 heteroatoms. The normalized spacial score (nSPS) is 15.7. The van der Waals surface area contributed by atoms with E-state index in [1.807, 2.05) is 0 Å². The van der Waals surface area contributed by atoms with Gasteiger partial charge >= 0.3 is 0 Å². The third-order valence-electron chi connectivity index (χ3n) is 5.13. The van der Waals surface area contributed by atoms with Gasteiger partial charge in [0.15, 0.2) is 17.6 Å². The molecule has 0 radical (unpaired) electrons. The average molecular weight is 564 g/mol. The number of hydrogen-bond acceptors (Lipinski definition) is 4. The van der Waals surface area contributed by atoms with E-state index in [0.29, 0.717) is 25.0 Å². The molecular formula is C22H32F2IN5S. The quantitative estimate of drug-likeness (QED) is 0.287. The van der Waals surface area contributed by atoms with Gasteiger partial charge in [-0.2, -0.15) is 0 Å². The summed E-state index contributed by atoms with van der Waals surface area (Å²) in [6.45, 7) is 10.2. The molecule has 0 aliphatic carbocycles. The summed E-state index contributed by atoms with van der Waals surface area (Å²) >= 11 is 1.69. The van der Waals surface area contributed by atoms with Gasteiger partial charge in [-0.3, -0.25) is 4.90 Å². The van der Waals surface area contributed by atoms with E-state index in [0.717, 1.165) is 54.7 Å². The Morgan fingerprint density at radius 3 is 2.61 bits per heavy atom. The highest BCUT2D eigenvalue weighted by Gasteiger charge is 2.20. The third-order valence-corrected chi connectivity index (χ3v) is 6.32. The summed E-state index contributed by atoms with van der Waals surface area (Å²) in [4.78, 5) is 11.6. The van der Waals surface area contributed by atoms with E-state index in [2.05, 4.69) is 46.7 Å². The van der Waals surface area contributed by atoms with E-state index in [-0.39, 0.29) is 24.0 Å². The molecule has 1 aliphatic rings. The molecule has 31 heavy (non-hydrogen) atoms. The Bertz CT molecular complexity index is 850. The van der Waals surface area contributed by atoms with Crippen molar-refractivity contribution >= 4 is 41.3 Å². The minimum Gasteiger partial charge on any atom is -0.357 e. The van der Waals surface area contributed by atoms with Gasteiger partial charge in [-0.1, -0.05) is 19.9 Å². The second-order valence-corrected chi connectivity index (χ2v) is 8.86. The summed E-state index contributed by atoms with van der Waals surface area (Å²) < 4.78 is 26.5. The lowest BCUT2D eigenvalue weighted by Gasteiger charge is -2.33. The number of aliphatic imine (C=N–C) groups is 1. The molecule has 1 aromatic heterocycles. The number of aromatic nitrogens is 1. The Balaban J connectivity index is 0.00000341. The fourth-order valence-electron chi connectivity index (χ4n) is 3.47. The average Bonchev–Trinajstić information content (AvgIpc) is 3.20. The molecule has 2 heterocycles. The van der Waals surface area contributed by atoms with Gasteiger partial charge < -0.3 is 10.6 Å². The Hall–Kier alpha value is -1.33. The summed E-state index contributed by atoms with van der Waals surface area (Å²) in [5.41, 5.74) is 1.81. The first-order chi connectivity index (χ1) is 14.4. The van der Waals surface area contributed by atoms with Gasteiger partial charge in [-0.15, -0.1) is 35.3 Å². The van der Waals surface area contributed by atoms with Crippen LogP contribution in [0.25, 0.3) is 0 Å². The number of rotatable bonds is 7. The number of nitrogens with one attached hydrogen (secondary N) is 2. The van der Waals surface area contributed by atoms with Gasteiger partial charge in [-0.25, -0.2) is 18.8 Å². The monoisotopic (exact) mass is 563 g/mol. The maximum absolute atomic E-state index is 13.4. The van der Waals surface area contributed by atoms with E-state index in [9.17, 15) is 8.78 Å². The minimum absolute atomic E-state index is 0. The summed E-state index contributed by atoms with van der Waals surface area (Å²) in [5.74, 6) is -0.322. The summed E-state index contributed by atoms with van der Waals surface area (Å²) in [6, 6.07) is 4.48. The zero-order chi connectivity index (χ0) is 21.5. The fraction of sp³-hybridized carbons (Fsp3) is 0.545. The molecule has 1 fully saturated rings. The van der Waals surface area contributed by atoms with Crippen LogP contribution in [-0.2, 0) is 13.1 Å². The van der Waals surface area contributed by atoms with Gasteiger partial charge in [0.1, 0.15) is 0 Å². The number of piperidine rings is 1. The smallest absolute Gasteiger partial charge is 0.191 e. The van der Waals surface area contributed by atoms with Crippen LogP contribution in [0.3, 0.4) is 0 Å². The van der Waals surface area contributed by atoms with Crippen molar-refractivity contribution < 1.29 is 8.78 Å². The number of halogens is 3. The Morgan fingerprint density at radius 2 is 2.00 bits per heavy atom.